The molecule has 2 bridgehead atoms. The lowest BCUT2D eigenvalue weighted by atomic mass is 9.78. The Bertz CT molecular complexity index is 2040. The number of rotatable bonds is 19. The summed E-state index contributed by atoms with van der Waals surface area (Å²) in [6.45, 7) is 18.0. The van der Waals surface area contributed by atoms with Crippen molar-refractivity contribution in [1.82, 2.24) is 4.90 Å². The van der Waals surface area contributed by atoms with Crippen LogP contribution in [-0.2, 0) is 66.6 Å². The molecule has 4 rings (SSSR count). The van der Waals surface area contributed by atoms with Crippen LogP contribution >= 0.6 is 0 Å². The number of carbonyl (C=O) groups is 5. The van der Waals surface area contributed by atoms with E-state index in [0.29, 0.717) is 116 Å². The normalized spacial score (nSPS) is 35.9. The van der Waals surface area contributed by atoms with Crippen LogP contribution < -0.4 is 0 Å². The molecule has 0 aromatic carbocycles. The molecule has 456 valence electrons. The molecule has 1 saturated carbocycles. The lowest BCUT2D eigenvalue weighted by molar-refractivity contribution is -0.265. The van der Waals surface area contributed by atoms with E-state index < -0.39 is 90.0 Å². The largest absolute Gasteiger partial charge is 0.460 e. The van der Waals surface area contributed by atoms with Crippen LogP contribution in [0.4, 0.5) is 0 Å². The number of allylic oxidation sites excluding steroid dienone is 5. The third-order valence-corrected chi connectivity index (χ3v) is 16.7. The van der Waals surface area contributed by atoms with E-state index in [-0.39, 0.29) is 61.4 Å². The third kappa shape index (κ3) is 21.2. The van der Waals surface area contributed by atoms with Gasteiger partial charge in [-0.1, -0.05) is 78.0 Å². The topological polar surface area (TPSA) is 232 Å². The Balaban J connectivity index is 1.56. The number of nitrogens with zero attached hydrogens (tertiary/aromatic N) is 1. The van der Waals surface area contributed by atoms with E-state index >= 15 is 0 Å². The summed E-state index contributed by atoms with van der Waals surface area (Å²) in [6, 6.07) is -1.15. The van der Waals surface area contributed by atoms with Gasteiger partial charge in [0, 0.05) is 78.1 Å². The molecule has 0 spiro atoms. The van der Waals surface area contributed by atoms with Gasteiger partial charge >= 0.3 is 11.9 Å². The second-order valence-electron chi connectivity index (χ2n) is 23.2. The zero-order valence-corrected chi connectivity index (χ0v) is 50.2. The van der Waals surface area contributed by atoms with Crippen molar-refractivity contribution in [3.63, 3.8) is 0 Å². The fraction of sp³-hybridized carbons (Fsp3) is 0.790. The van der Waals surface area contributed by atoms with E-state index in [4.69, 9.17) is 42.6 Å². The van der Waals surface area contributed by atoms with Crippen molar-refractivity contribution >= 4 is 29.4 Å². The van der Waals surface area contributed by atoms with Gasteiger partial charge in [0.05, 0.1) is 50.8 Å². The number of ketones is 2. The number of cyclic esters (lactones) is 1. The van der Waals surface area contributed by atoms with Crippen molar-refractivity contribution in [2.24, 2.45) is 35.5 Å². The van der Waals surface area contributed by atoms with E-state index in [2.05, 4.69) is 6.92 Å². The SMILES string of the molecule is CCCOCCOCCOCCCC(=O)O[C@@H]1CC[C@@H](C[C@@H](C)[C@@H]2C[C@@H](O)[C@H](C)/C=C(\C)[C@@H](O)[C@@H](OC)C(=O)[C@H](C)C[C@H](C)/C=C/C=C/C=C(\C)[C@@H](OC)C[C@@H]3CC[C@@H](C)[C@@](O)(O3)C(=O)C(=O)N3CCCC[C@H]3C(=O)O2)C[C@H]1OC. The molecular formula is C62H101NO17. The predicted octanol–water partition coefficient (Wildman–Crippen LogP) is 7.76. The number of hydrogen-bond acceptors (Lipinski definition) is 17. The molecule has 1 aliphatic carbocycles. The van der Waals surface area contributed by atoms with Gasteiger partial charge in [-0.05, 0) is 120 Å². The second-order valence-corrected chi connectivity index (χ2v) is 23.2. The van der Waals surface area contributed by atoms with Crippen LogP contribution in [0.25, 0.3) is 0 Å². The Morgan fingerprint density at radius 3 is 2.16 bits per heavy atom. The van der Waals surface area contributed by atoms with E-state index in [0.717, 1.165) is 12.0 Å². The van der Waals surface area contributed by atoms with Gasteiger partial charge in [0.1, 0.15) is 30.5 Å². The van der Waals surface area contributed by atoms with E-state index in [9.17, 15) is 39.3 Å². The average molecular weight is 1130 g/mol. The summed E-state index contributed by atoms with van der Waals surface area (Å²) >= 11 is 0. The van der Waals surface area contributed by atoms with E-state index in [1.54, 1.807) is 41.1 Å². The molecule has 0 aromatic rings. The molecule has 3 heterocycles. The Morgan fingerprint density at radius 2 is 1.49 bits per heavy atom. The molecule has 0 aromatic heterocycles. The fourth-order valence-electron chi connectivity index (χ4n) is 11.6. The maximum Gasteiger partial charge on any atom is 0.329 e. The number of hydrogen-bond donors (Lipinski definition) is 3. The van der Waals surface area contributed by atoms with Gasteiger partial charge in [-0.3, -0.25) is 19.2 Å². The van der Waals surface area contributed by atoms with Crippen molar-refractivity contribution in [2.45, 2.75) is 212 Å². The maximum absolute atomic E-state index is 14.7. The Labute approximate surface area is 477 Å². The van der Waals surface area contributed by atoms with Crippen molar-refractivity contribution in [3.8, 4) is 0 Å². The van der Waals surface area contributed by atoms with Gasteiger partial charge < -0.3 is 62.9 Å². The molecule has 4 aliphatic rings. The molecule has 3 N–H and O–H groups in total. The summed E-state index contributed by atoms with van der Waals surface area (Å²) in [5.41, 5.74) is 1.30. The van der Waals surface area contributed by atoms with Crippen molar-refractivity contribution in [2.75, 3.05) is 67.5 Å². The van der Waals surface area contributed by atoms with Crippen molar-refractivity contribution in [3.05, 3.63) is 47.6 Å². The first-order valence-electron chi connectivity index (χ1n) is 29.8. The summed E-state index contributed by atoms with van der Waals surface area (Å²) in [5.74, 6) is -7.95. The molecule has 0 radical (unpaired) electrons. The van der Waals surface area contributed by atoms with Crippen LogP contribution in [-0.4, -0.2) is 178 Å². The minimum atomic E-state index is -2.45. The van der Waals surface area contributed by atoms with Gasteiger partial charge in [0.25, 0.3) is 11.7 Å². The molecule has 3 fully saturated rings. The maximum atomic E-state index is 14.7. The summed E-state index contributed by atoms with van der Waals surface area (Å²) < 4.78 is 52.5. The lowest BCUT2D eigenvalue weighted by Gasteiger charge is -2.43. The number of fused-ring (bicyclic) bond motifs is 3. The number of piperidine rings is 1. The number of aliphatic hydroxyl groups excluding tert-OH is 2. The molecule has 18 nitrogen and oxygen atoms in total. The summed E-state index contributed by atoms with van der Waals surface area (Å²) in [6.07, 6.45) is 12.0. The number of aliphatic hydroxyl groups is 3. The standard InChI is InChI=1S/C62H101NO17/c1-12-28-75-30-32-77-33-31-76-29-18-22-55(65)78-51-26-24-47(37-54(51)73-10)36-43(5)53-39-50(64)42(4)35-45(7)57(67)58(74-11)56(66)44(6)34-40(2)19-14-13-15-20-41(3)52(72-9)38-48-25-23-46(8)62(71,80-48)59(68)60(69)63-27-17-16-21-49(63)61(70)79-53/h13-15,19-20,35,40,42-44,46-54,57-58,64,67,71H,12,16-18,21-34,36-39H2,1-11H3/b15-13+,19-14+,41-20+,45-35+/t40-,42-,43-,44-,46-,47+,48+,49+,50-,51-,52+,53+,54-,57-,58+,62-/m1/s1. The first kappa shape index (κ1) is 68.8. The number of ether oxygens (including phenoxy) is 9. The molecule has 18 heteroatoms. The highest BCUT2D eigenvalue weighted by molar-refractivity contribution is 6.39. The number of esters is 2. The highest BCUT2D eigenvalue weighted by Gasteiger charge is 2.53. The molecule has 2 saturated heterocycles. The van der Waals surface area contributed by atoms with Gasteiger partial charge in [0.2, 0.25) is 5.79 Å². The quantitative estimate of drug-likeness (QED) is 0.0485. The zero-order valence-electron chi connectivity index (χ0n) is 50.2. The summed E-state index contributed by atoms with van der Waals surface area (Å²) in [5, 5.41) is 35.6. The van der Waals surface area contributed by atoms with Crippen LogP contribution in [0.15, 0.2) is 47.6 Å². The third-order valence-electron chi connectivity index (χ3n) is 16.7. The summed E-state index contributed by atoms with van der Waals surface area (Å²) in [7, 11) is 4.57. The van der Waals surface area contributed by atoms with Gasteiger partial charge in [-0.25, -0.2) is 4.79 Å². The monoisotopic (exact) mass is 1130 g/mol. The van der Waals surface area contributed by atoms with E-state index in [1.807, 2.05) is 58.1 Å². The van der Waals surface area contributed by atoms with Crippen LogP contribution in [0, 0.1) is 35.5 Å². The second kappa shape index (κ2) is 35.4. The van der Waals surface area contributed by atoms with E-state index in [1.165, 1.54) is 12.0 Å². The van der Waals surface area contributed by atoms with Crippen LogP contribution in [0.3, 0.4) is 0 Å². The number of carbonyl (C=O) groups excluding carboxylic acids is 5. The Hall–Kier alpha value is -3.69. The van der Waals surface area contributed by atoms with Gasteiger partial charge in [0.15, 0.2) is 5.78 Å². The van der Waals surface area contributed by atoms with Crippen molar-refractivity contribution in [1.29, 1.82) is 0 Å². The minimum absolute atomic E-state index is 0.0121. The molecular weight excluding hydrogens is 1030 g/mol. The smallest absolute Gasteiger partial charge is 0.329 e. The Morgan fingerprint density at radius 1 is 0.787 bits per heavy atom. The van der Waals surface area contributed by atoms with Crippen LogP contribution in [0.5, 0.6) is 0 Å². The van der Waals surface area contributed by atoms with Gasteiger partial charge in [-0.15, -0.1) is 0 Å². The molecule has 16 atom stereocenters. The summed E-state index contributed by atoms with van der Waals surface area (Å²) in [4.78, 5) is 71.5. The zero-order chi connectivity index (χ0) is 58.9. The van der Waals surface area contributed by atoms with Crippen molar-refractivity contribution < 1.29 is 81.9 Å². The molecule has 0 unspecified atom stereocenters. The Kier molecular flexibility index (Phi) is 30.5. The predicted molar refractivity (Wildman–Crippen MR) is 302 cm³/mol. The van der Waals surface area contributed by atoms with Crippen LogP contribution in [0.2, 0.25) is 0 Å². The molecule has 1 amide bonds. The fourth-order valence-corrected chi connectivity index (χ4v) is 11.6. The highest BCUT2D eigenvalue weighted by atomic mass is 16.6. The molecule has 80 heavy (non-hydrogen) atoms. The number of amides is 1. The lowest BCUT2D eigenvalue weighted by Crippen LogP contribution is -2.61. The highest BCUT2D eigenvalue weighted by Crippen LogP contribution is 2.38. The van der Waals surface area contributed by atoms with Gasteiger partial charge in [-0.2, -0.15) is 0 Å². The number of methoxy groups -OCH3 is 3. The first-order chi connectivity index (χ1) is 38.2. The first-order valence-corrected chi connectivity index (χ1v) is 29.8. The van der Waals surface area contributed by atoms with Crippen LogP contribution in [0.1, 0.15) is 152 Å². The average Bonchev–Trinajstić information content (AvgIpc) is 3.49. The minimum Gasteiger partial charge on any atom is -0.460 e. The molecule has 3 aliphatic heterocycles. The number of Topliss-reactive ketones (excluding diaryl/α,β-unsaturated/α-hetero) is 2.